The lowest BCUT2D eigenvalue weighted by atomic mass is 10.2. The fraction of sp³-hybridized carbons (Fsp3) is 0.750. The monoisotopic (exact) mass is 201 g/mol. The first-order valence-corrected chi connectivity index (χ1v) is 5.38. The van der Waals surface area contributed by atoms with Crippen LogP contribution in [0.3, 0.4) is 0 Å². The van der Waals surface area contributed by atoms with E-state index in [1.807, 2.05) is 19.4 Å². The van der Waals surface area contributed by atoms with Gasteiger partial charge in [-0.1, -0.05) is 18.7 Å². The van der Waals surface area contributed by atoms with Crippen LogP contribution in [0.5, 0.6) is 0 Å². The van der Waals surface area contributed by atoms with Gasteiger partial charge in [0.2, 0.25) is 0 Å². The van der Waals surface area contributed by atoms with Crippen LogP contribution in [0.25, 0.3) is 0 Å². The van der Waals surface area contributed by atoms with Gasteiger partial charge in [0.1, 0.15) is 0 Å². The van der Waals surface area contributed by atoms with Crippen LogP contribution in [-0.4, -0.2) is 29.2 Å². The summed E-state index contributed by atoms with van der Waals surface area (Å²) in [5.74, 6) is 0. The molecule has 0 spiro atoms. The number of hydrogen-bond donors (Lipinski definition) is 2. The van der Waals surface area contributed by atoms with E-state index in [4.69, 9.17) is 10.4 Å². The predicted octanol–water partition coefficient (Wildman–Crippen LogP) is 0.937. The second-order valence-corrected chi connectivity index (χ2v) is 3.24. The van der Waals surface area contributed by atoms with Crippen LogP contribution in [-0.2, 0) is 0 Å². The second-order valence-electron chi connectivity index (χ2n) is 2.45. The number of aliphatic imine (C=N–C) groups is 1. The fourth-order valence-corrected chi connectivity index (χ4v) is 1.26. The van der Waals surface area contributed by atoms with E-state index in [0.29, 0.717) is 11.6 Å². The van der Waals surface area contributed by atoms with E-state index in [1.54, 1.807) is 0 Å². The lowest BCUT2D eigenvalue weighted by molar-refractivity contribution is 0.275. The molecule has 4 nitrogen and oxygen atoms in total. The first-order valence-electron chi connectivity index (χ1n) is 4.16. The highest BCUT2D eigenvalue weighted by molar-refractivity contribution is 8.13. The standard InChI is InChI=1S/C8H15N3OS/c1-3-7(4-5-12)11-8(13-2)10-6-9/h7,12H,3-5H2,1-2H3,(H,10,11). The van der Waals surface area contributed by atoms with Crippen LogP contribution in [0.4, 0.5) is 0 Å². The van der Waals surface area contributed by atoms with E-state index < -0.39 is 0 Å². The average Bonchev–Trinajstić information content (AvgIpc) is 2.16. The van der Waals surface area contributed by atoms with Crippen molar-refractivity contribution in [1.82, 2.24) is 5.32 Å². The van der Waals surface area contributed by atoms with Gasteiger partial charge < -0.3 is 5.11 Å². The molecule has 0 radical (unpaired) electrons. The third-order valence-corrected chi connectivity index (χ3v) is 2.18. The summed E-state index contributed by atoms with van der Waals surface area (Å²) in [5, 5.41) is 20.2. The number of rotatable bonds is 4. The number of nitrogens with one attached hydrogen (secondary N) is 1. The molecule has 0 amide bonds. The Labute approximate surface area is 83.0 Å². The summed E-state index contributed by atoms with van der Waals surface area (Å²) in [4.78, 5) is 4.28. The molecule has 0 aromatic carbocycles. The van der Waals surface area contributed by atoms with E-state index in [9.17, 15) is 0 Å². The summed E-state index contributed by atoms with van der Waals surface area (Å²) >= 11 is 1.40. The Kier molecular flexibility index (Phi) is 7.45. The van der Waals surface area contributed by atoms with Gasteiger partial charge in [0.05, 0.1) is 6.04 Å². The average molecular weight is 201 g/mol. The highest BCUT2D eigenvalue weighted by atomic mass is 32.2. The van der Waals surface area contributed by atoms with Gasteiger partial charge in [-0.25, -0.2) is 0 Å². The van der Waals surface area contributed by atoms with Crippen molar-refractivity contribution in [2.45, 2.75) is 25.8 Å². The van der Waals surface area contributed by atoms with Crippen LogP contribution < -0.4 is 5.32 Å². The minimum absolute atomic E-state index is 0.105. The third-order valence-electron chi connectivity index (χ3n) is 1.59. The minimum Gasteiger partial charge on any atom is -0.396 e. The molecule has 0 fully saturated rings. The lowest BCUT2D eigenvalue weighted by Crippen LogP contribution is -2.17. The van der Waals surface area contributed by atoms with Gasteiger partial charge in [0, 0.05) is 6.61 Å². The minimum atomic E-state index is 0.105. The van der Waals surface area contributed by atoms with E-state index in [-0.39, 0.29) is 12.6 Å². The van der Waals surface area contributed by atoms with Gasteiger partial charge in [0.15, 0.2) is 11.4 Å². The molecule has 1 unspecified atom stereocenters. The largest absolute Gasteiger partial charge is 0.396 e. The van der Waals surface area contributed by atoms with Crippen molar-refractivity contribution in [2.24, 2.45) is 4.99 Å². The number of nitrogens with zero attached hydrogens (tertiary/aromatic N) is 2. The summed E-state index contributed by atoms with van der Waals surface area (Å²) in [5.41, 5.74) is 0. The van der Waals surface area contributed by atoms with E-state index >= 15 is 0 Å². The van der Waals surface area contributed by atoms with Gasteiger partial charge >= 0.3 is 0 Å². The molecule has 0 saturated carbocycles. The Hall–Kier alpha value is -0.730. The zero-order chi connectivity index (χ0) is 10.1. The van der Waals surface area contributed by atoms with Crippen LogP contribution in [0.15, 0.2) is 4.99 Å². The normalized spacial score (nSPS) is 13.5. The van der Waals surface area contributed by atoms with Crippen molar-refractivity contribution in [3.8, 4) is 6.19 Å². The number of amidine groups is 1. The number of aliphatic hydroxyl groups excluding tert-OH is 1. The molecule has 0 heterocycles. The van der Waals surface area contributed by atoms with Crippen LogP contribution in [0.2, 0.25) is 0 Å². The maximum absolute atomic E-state index is 8.72. The summed E-state index contributed by atoms with van der Waals surface area (Å²) in [6.45, 7) is 2.14. The number of aliphatic hydroxyl groups is 1. The number of thioether (sulfide) groups is 1. The summed E-state index contributed by atoms with van der Waals surface area (Å²) < 4.78 is 0. The Balaban J connectivity index is 4.18. The smallest absolute Gasteiger partial charge is 0.183 e. The molecule has 0 saturated heterocycles. The van der Waals surface area contributed by atoms with Gasteiger partial charge in [-0.05, 0) is 19.1 Å². The van der Waals surface area contributed by atoms with Crippen molar-refractivity contribution in [1.29, 1.82) is 5.26 Å². The van der Waals surface area contributed by atoms with E-state index in [2.05, 4.69) is 10.3 Å². The molecule has 0 rings (SSSR count). The van der Waals surface area contributed by atoms with Crippen LogP contribution >= 0.6 is 11.8 Å². The van der Waals surface area contributed by atoms with E-state index in [0.717, 1.165) is 6.42 Å². The molecule has 0 aromatic heterocycles. The summed E-state index contributed by atoms with van der Waals surface area (Å²) in [6, 6.07) is 0.105. The van der Waals surface area contributed by atoms with Gasteiger partial charge in [-0.2, -0.15) is 5.26 Å². The molecule has 0 aromatic rings. The topological polar surface area (TPSA) is 68.4 Å². The maximum Gasteiger partial charge on any atom is 0.183 e. The summed E-state index contributed by atoms with van der Waals surface area (Å²) in [6.07, 6.45) is 5.20. The molecule has 5 heteroatoms. The zero-order valence-corrected chi connectivity index (χ0v) is 8.77. The van der Waals surface area contributed by atoms with Gasteiger partial charge in [-0.3, -0.25) is 10.3 Å². The molecule has 0 aliphatic heterocycles. The second kappa shape index (κ2) is 7.90. The van der Waals surface area contributed by atoms with Crippen LogP contribution in [0, 0.1) is 11.5 Å². The molecule has 1 atom stereocenters. The molecule has 13 heavy (non-hydrogen) atoms. The zero-order valence-electron chi connectivity index (χ0n) is 7.95. The fourth-order valence-electron chi connectivity index (χ4n) is 0.859. The molecule has 2 N–H and O–H groups in total. The Morgan fingerprint density at radius 2 is 2.46 bits per heavy atom. The van der Waals surface area contributed by atoms with Crippen molar-refractivity contribution in [3.05, 3.63) is 0 Å². The summed E-state index contributed by atoms with van der Waals surface area (Å²) in [7, 11) is 0. The SMILES string of the molecule is CCC(CCO)N=C(NC#N)SC. The van der Waals surface area contributed by atoms with Crippen LogP contribution in [0.1, 0.15) is 19.8 Å². The highest BCUT2D eigenvalue weighted by Gasteiger charge is 2.04. The first kappa shape index (κ1) is 12.3. The van der Waals surface area contributed by atoms with Gasteiger partial charge in [0.25, 0.3) is 0 Å². The Morgan fingerprint density at radius 3 is 2.85 bits per heavy atom. The molecular weight excluding hydrogens is 186 g/mol. The quantitative estimate of drug-likeness (QED) is 0.307. The number of hydrogen-bond acceptors (Lipinski definition) is 4. The highest BCUT2D eigenvalue weighted by Crippen LogP contribution is 2.06. The molecule has 74 valence electrons. The van der Waals surface area contributed by atoms with E-state index in [1.165, 1.54) is 11.8 Å². The molecule has 0 aliphatic carbocycles. The molecular formula is C8H15N3OS. The molecule has 0 bridgehead atoms. The Bertz CT molecular complexity index is 200. The van der Waals surface area contributed by atoms with Crippen molar-refractivity contribution >= 4 is 16.9 Å². The van der Waals surface area contributed by atoms with Crippen molar-refractivity contribution in [3.63, 3.8) is 0 Å². The maximum atomic E-state index is 8.72. The predicted molar refractivity (Wildman–Crippen MR) is 55.5 cm³/mol. The first-order chi connectivity index (χ1) is 6.28. The van der Waals surface area contributed by atoms with Gasteiger partial charge in [-0.15, -0.1) is 0 Å². The molecule has 0 aliphatic rings. The van der Waals surface area contributed by atoms with Crippen molar-refractivity contribution < 1.29 is 5.11 Å². The van der Waals surface area contributed by atoms with Crippen molar-refractivity contribution in [2.75, 3.05) is 12.9 Å². The number of nitriles is 1. The lowest BCUT2D eigenvalue weighted by Gasteiger charge is -2.09. The third kappa shape index (κ3) is 5.50. The Morgan fingerprint density at radius 1 is 1.77 bits per heavy atom.